The molecule has 1 aromatic heterocycles. The molecular formula is C27H40ClN5O4. The van der Waals surface area contributed by atoms with Gasteiger partial charge in [0.1, 0.15) is 11.4 Å². The number of carbonyl (C=O) groups excluding carboxylic acids is 2. The molecule has 10 heteroatoms. The predicted octanol–water partition coefficient (Wildman–Crippen LogP) is 3.40. The number of pyridine rings is 1. The van der Waals surface area contributed by atoms with E-state index in [2.05, 4.69) is 40.1 Å². The average molecular weight is 534 g/mol. The summed E-state index contributed by atoms with van der Waals surface area (Å²) in [6.07, 6.45) is 11.7. The number of amides is 1. The number of nitrogens with zero attached hydrogens (tertiary/aromatic N) is 2. The SMILES string of the molecule is CN(C)CC1CCC(C(=O)[C@@]2(Nc3ncc(/C=C/C(=O)NOC4CCCCO4)cc3Cl)CCNC2)CC1. The van der Waals surface area contributed by atoms with E-state index in [1.165, 1.54) is 6.08 Å². The number of ketones is 1. The van der Waals surface area contributed by atoms with Crippen LogP contribution >= 0.6 is 11.6 Å². The van der Waals surface area contributed by atoms with Crippen molar-refractivity contribution in [2.75, 3.05) is 45.7 Å². The average Bonchev–Trinajstić information content (AvgIpc) is 3.38. The number of nitrogens with one attached hydrogen (secondary N) is 3. The van der Waals surface area contributed by atoms with Gasteiger partial charge in [-0.25, -0.2) is 15.3 Å². The second-order valence-corrected chi connectivity index (χ2v) is 11.2. The molecule has 2 atom stereocenters. The van der Waals surface area contributed by atoms with E-state index in [0.717, 1.165) is 58.0 Å². The number of aromatic nitrogens is 1. The zero-order chi connectivity index (χ0) is 26.3. The third-order valence-electron chi connectivity index (χ3n) is 7.54. The maximum atomic E-state index is 13.7. The first-order chi connectivity index (χ1) is 17.8. The molecule has 37 heavy (non-hydrogen) atoms. The summed E-state index contributed by atoms with van der Waals surface area (Å²) in [5.41, 5.74) is 2.36. The molecule has 2 aliphatic heterocycles. The van der Waals surface area contributed by atoms with Gasteiger partial charge in [0.2, 0.25) is 0 Å². The fraction of sp³-hybridized carbons (Fsp3) is 0.667. The van der Waals surface area contributed by atoms with Crippen molar-refractivity contribution in [1.82, 2.24) is 20.7 Å². The number of hydroxylamine groups is 1. The summed E-state index contributed by atoms with van der Waals surface area (Å²) in [7, 11) is 4.21. The van der Waals surface area contributed by atoms with Crippen molar-refractivity contribution in [2.45, 2.75) is 63.2 Å². The number of anilines is 1. The Morgan fingerprint density at radius 2 is 2.08 bits per heavy atom. The van der Waals surface area contributed by atoms with Crippen LogP contribution in [0.25, 0.3) is 6.08 Å². The molecule has 3 fully saturated rings. The fourth-order valence-corrected chi connectivity index (χ4v) is 5.80. The topological polar surface area (TPSA) is 105 Å². The molecule has 1 aromatic rings. The van der Waals surface area contributed by atoms with E-state index in [9.17, 15) is 9.59 Å². The van der Waals surface area contributed by atoms with E-state index in [4.69, 9.17) is 21.2 Å². The molecule has 0 radical (unpaired) electrons. The van der Waals surface area contributed by atoms with Gasteiger partial charge in [0.25, 0.3) is 5.91 Å². The summed E-state index contributed by atoms with van der Waals surface area (Å²) < 4.78 is 5.43. The van der Waals surface area contributed by atoms with Crippen molar-refractivity contribution in [2.24, 2.45) is 11.8 Å². The first kappa shape index (κ1) is 28.0. The van der Waals surface area contributed by atoms with E-state index in [-0.39, 0.29) is 11.7 Å². The molecule has 2 saturated heterocycles. The largest absolute Gasteiger partial charge is 0.355 e. The van der Waals surface area contributed by atoms with Crippen molar-refractivity contribution >= 4 is 35.2 Å². The number of rotatable bonds is 10. The van der Waals surface area contributed by atoms with Crippen LogP contribution in [-0.4, -0.2) is 73.7 Å². The molecule has 4 rings (SSSR count). The summed E-state index contributed by atoms with van der Waals surface area (Å²) in [4.78, 5) is 37.8. The smallest absolute Gasteiger partial charge is 0.267 e. The van der Waals surface area contributed by atoms with Crippen LogP contribution in [0, 0.1) is 11.8 Å². The Bertz CT molecular complexity index is 952. The molecule has 9 nitrogen and oxygen atoms in total. The fourth-order valence-electron chi connectivity index (χ4n) is 5.58. The Morgan fingerprint density at radius 1 is 1.27 bits per heavy atom. The van der Waals surface area contributed by atoms with Gasteiger partial charge >= 0.3 is 0 Å². The van der Waals surface area contributed by atoms with Gasteiger partial charge in [0, 0.05) is 44.3 Å². The van der Waals surface area contributed by atoms with Crippen molar-refractivity contribution in [3.63, 3.8) is 0 Å². The number of hydrogen-bond acceptors (Lipinski definition) is 8. The molecule has 0 spiro atoms. The summed E-state index contributed by atoms with van der Waals surface area (Å²) in [5.74, 6) is 1.08. The summed E-state index contributed by atoms with van der Waals surface area (Å²) in [6.45, 7) is 3.06. The maximum absolute atomic E-state index is 13.7. The van der Waals surface area contributed by atoms with Gasteiger partial charge in [-0.3, -0.25) is 9.59 Å². The molecule has 0 bridgehead atoms. The van der Waals surface area contributed by atoms with Gasteiger partial charge in [0.05, 0.1) is 5.02 Å². The minimum absolute atomic E-state index is 0.0616. The van der Waals surface area contributed by atoms with Crippen molar-refractivity contribution < 1.29 is 19.2 Å². The first-order valence-electron chi connectivity index (χ1n) is 13.4. The Labute approximate surface area is 224 Å². The lowest BCUT2D eigenvalue weighted by molar-refractivity contribution is -0.198. The van der Waals surface area contributed by atoms with Crippen LogP contribution in [0.5, 0.6) is 0 Å². The van der Waals surface area contributed by atoms with Crippen LogP contribution in [0.2, 0.25) is 5.02 Å². The highest BCUT2D eigenvalue weighted by Gasteiger charge is 2.45. The number of halogens is 1. The molecule has 3 aliphatic rings. The molecule has 1 saturated carbocycles. The molecule has 3 heterocycles. The Morgan fingerprint density at radius 3 is 2.73 bits per heavy atom. The van der Waals surface area contributed by atoms with Gasteiger partial charge in [0.15, 0.2) is 12.1 Å². The lowest BCUT2D eigenvalue weighted by atomic mass is 9.74. The summed E-state index contributed by atoms with van der Waals surface area (Å²) in [5, 5.41) is 7.17. The first-order valence-corrected chi connectivity index (χ1v) is 13.8. The lowest BCUT2D eigenvalue weighted by Crippen LogP contribution is -2.52. The minimum Gasteiger partial charge on any atom is -0.355 e. The van der Waals surface area contributed by atoms with Crippen LogP contribution < -0.4 is 16.1 Å². The Kier molecular flexibility index (Phi) is 9.95. The monoisotopic (exact) mass is 533 g/mol. The minimum atomic E-state index is -0.703. The lowest BCUT2D eigenvalue weighted by Gasteiger charge is -2.36. The van der Waals surface area contributed by atoms with E-state index >= 15 is 0 Å². The van der Waals surface area contributed by atoms with E-state index < -0.39 is 17.7 Å². The quantitative estimate of drug-likeness (QED) is 0.310. The second kappa shape index (κ2) is 13.2. The van der Waals surface area contributed by atoms with Gasteiger partial charge in [-0.1, -0.05) is 11.6 Å². The van der Waals surface area contributed by atoms with Gasteiger partial charge < -0.3 is 20.3 Å². The van der Waals surface area contributed by atoms with E-state index in [1.54, 1.807) is 18.3 Å². The third-order valence-corrected chi connectivity index (χ3v) is 7.83. The van der Waals surface area contributed by atoms with Crippen LogP contribution in [0.3, 0.4) is 0 Å². The van der Waals surface area contributed by atoms with Crippen LogP contribution in [0.15, 0.2) is 18.3 Å². The molecule has 1 aliphatic carbocycles. The van der Waals surface area contributed by atoms with Crippen molar-refractivity contribution in [3.05, 3.63) is 28.9 Å². The highest BCUT2D eigenvalue weighted by atomic mass is 35.5. The predicted molar refractivity (Wildman–Crippen MR) is 144 cm³/mol. The highest BCUT2D eigenvalue weighted by Crippen LogP contribution is 2.36. The molecular weight excluding hydrogens is 494 g/mol. The molecule has 0 aromatic carbocycles. The highest BCUT2D eigenvalue weighted by molar-refractivity contribution is 6.33. The Hall–Kier alpha value is -2.04. The third kappa shape index (κ3) is 7.74. The number of carbonyl (C=O) groups is 2. The van der Waals surface area contributed by atoms with Gasteiger partial charge in [-0.05, 0) is 89.2 Å². The molecule has 3 N–H and O–H groups in total. The van der Waals surface area contributed by atoms with E-state index in [0.29, 0.717) is 41.9 Å². The second-order valence-electron chi connectivity index (χ2n) is 10.8. The van der Waals surface area contributed by atoms with Gasteiger partial charge in [-0.2, -0.15) is 0 Å². The molecule has 1 unspecified atom stereocenters. The maximum Gasteiger partial charge on any atom is 0.267 e. The normalized spacial score (nSPS) is 28.5. The number of hydrogen-bond donors (Lipinski definition) is 3. The van der Waals surface area contributed by atoms with Crippen molar-refractivity contribution in [3.8, 4) is 0 Å². The van der Waals surface area contributed by atoms with Gasteiger partial charge in [-0.15, -0.1) is 0 Å². The number of Topliss-reactive ketones (excluding diaryl/α,β-unsaturated/α-hetero) is 1. The van der Waals surface area contributed by atoms with E-state index in [1.807, 2.05) is 0 Å². The summed E-state index contributed by atoms with van der Waals surface area (Å²) in [6, 6.07) is 1.73. The number of ether oxygens (including phenoxy) is 1. The van der Waals surface area contributed by atoms with Crippen LogP contribution in [0.4, 0.5) is 5.82 Å². The standard InChI is InChI=1S/C27H40ClN5O4/c1-33(2)17-19-6-9-21(10-7-19)25(35)27(12-13-29-18-27)31-26-22(28)15-20(16-30-26)8-11-23(34)32-37-24-5-3-4-14-36-24/h8,11,15-16,19,21,24,29H,3-7,9-10,12-14,17-18H2,1-2H3,(H,30,31)(H,32,34)/b11-8+/t19?,21?,24?,27-/m1/s1. The molecule has 204 valence electrons. The zero-order valence-electron chi connectivity index (χ0n) is 21.9. The van der Waals surface area contributed by atoms with Crippen LogP contribution in [0.1, 0.15) is 56.9 Å². The van der Waals surface area contributed by atoms with Crippen molar-refractivity contribution in [1.29, 1.82) is 0 Å². The molecule has 1 amide bonds. The zero-order valence-corrected chi connectivity index (χ0v) is 22.7. The summed E-state index contributed by atoms with van der Waals surface area (Å²) >= 11 is 6.57. The van der Waals surface area contributed by atoms with Crippen LogP contribution in [-0.2, 0) is 19.2 Å². The Balaban J connectivity index is 1.34.